The Bertz CT molecular complexity index is 872. The molecule has 2 aromatic rings. The number of nitrogens with one attached hydrogen (secondary N) is 1. The highest BCUT2D eigenvalue weighted by Crippen LogP contribution is 2.33. The van der Waals surface area contributed by atoms with E-state index in [1.54, 1.807) is 30.3 Å². The highest BCUT2D eigenvalue weighted by molar-refractivity contribution is 6.36. The maximum Gasteiger partial charge on any atom is 0.266 e. The van der Waals surface area contributed by atoms with Crippen molar-refractivity contribution in [1.82, 2.24) is 0 Å². The highest BCUT2D eigenvalue weighted by Gasteiger charge is 2.14. The molecule has 134 valence electrons. The minimum atomic E-state index is -0.560. The molecule has 0 saturated heterocycles. The Labute approximate surface area is 161 Å². The number of hydrogen-bond acceptors (Lipinski definition) is 4. The Morgan fingerprint density at radius 1 is 1.27 bits per heavy atom. The van der Waals surface area contributed by atoms with Crippen LogP contribution in [-0.2, 0) is 4.79 Å². The Morgan fingerprint density at radius 2 is 1.96 bits per heavy atom. The molecule has 0 heterocycles. The van der Waals surface area contributed by atoms with Gasteiger partial charge in [0.2, 0.25) is 0 Å². The second kappa shape index (κ2) is 9.14. The summed E-state index contributed by atoms with van der Waals surface area (Å²) in [7, 11) is 1.44. The van der Waals surface area contributed by atoms with Crippen molar-refractivity contribution in [2.24, 2.45) is 0 Å². The summed E-state index contributed by atoms with van der Waals surface area (Å²) in [5.41, 5.74) is 0.856. The van der Waals surface area contributed by atoms with Crippen molar-refractivity contribution in [2.75, 3.05) is 19.0 Å². The van der Waals surface area contributed by atoms with Crippen LogP contribution in [0, 0.1) is 11.3 Å². The summed E-state index contributed by atoms with van der Waals surface area (Å²) in [5, 5.41) is 12.7. The number of carbonyl (C=O) groups is 1. The average molecular weight is 391 g/mol. The van der Waals surface area contributed by atoms with E-state index in [2.05, 4.69) is 5.32 Å². The number of nitriles is 1. The van der Waals surface area contributed by atoms with Crippen LogP contribution in [0.4, 0.5) is 5.69 Å². The van der Waals surface area contributed by atoms with E-state index in [0.717, 1.165) is 0 Å². The quantitative estimate of drug-likeness (QED) is 0.559. The third kappa shape index (κ3) is 4.92. The Balaban J connectivity index is 2.26. The predicted octanol–water partition coefficient (Wildman–Crippen LogP) is 4.95. The van der Waals surface area contributed by atoms with Gasteiger partial charge in [-0.25, -0.2) is 0 Å². The number of amides is 1. The van der Waals surface area contributed by atoms with E-state index in [1.807, 2.05) is 13.0 Å². The minimum Gasteiger partial charge on any atom is -0.495 e. The fourth-order valence-corrected chi connectivity index (χ4v) is 2.79. The zero-order valence-electron chi connectivity index (χ0n) is 14.2. The van der Waals surface area contributed by atoms with Crippen molar-refractivity contribution in [1.29, 1.82) is 5.26 Å². The molecule has 0 fully saturated rings. The topological polar surface area (TPSA) is 71.3 Å². The lowest BCUT2D eigenvalue weighted by Crippen LogP contribution is -2.13. The first-order chi connectivity index (χ1) is 12.5. The zero-order valence-corrected chi connectivity index (χ0v) is 15.7. The summed E-state index contributed by atoms with van der Waals surface area (Å²) in [6.07, 6.45) is 1.38. The number of hydrogen-bond donors (Lipinski definition) is 1. The van der Waals surface area contributed by atoms with Gasteiger partial charge in [-0.05, 0) is 49.4 Å². The second-order valence-corrected chi connectivity index (χ2v) is 5.94. The maximum absolute atomic E-state index is 12.4. The minimum absolute atomic E-state index is 0.115. The zero-order chi connectivity index (χ0) is 19.1. The molecule has 0 aromatic heterocycles. The van der Waals surface area contributed by atoms with Crippen LogP contribution < -0.4 is 14.8 Å². The van der Waals surface area contributed by atoms with Crippen LogP contribution in [0.5, 0.6) is 11.5 Å². The molecule has 0 radical (unpaired) electrons. The van der Waals surface area contributed by atoms with Crippen molar-refractivity contribution in [3.8, 4) is 17.6 Å². The summed E-state index contributed by atoms with van der Waals surface area (Å²) in [6.45, 7) is 2.44. The molecule has 0 bridgehead atoms. The van der Waals surface area contributed by atoms with E-state index >= 15 is 0 Å². The smallest absolute Gasteiger partial charge is 0.266 e. The number of nitrogens with zero attached hydrogens (tertiary/aromatic N) is 1. The molecule has 0 atom stereocenters. The molecule has 1 N–H and O–H groups in total. The van der Waals surface area contributed by atoms with Crippen LogP contribution in [0.25, 0.3) is 6.08 Å². The van der Waals surface area contributed by atoms with Gasteiger partial charge in [-0.15, -0.1) is 0 Å². The molecular weight excluding hydrogens is 375 g/mol. The summed E-state index contributed by atoms with van der Waals surface area (Å²) >= 11 is 12.1. The van der Waals surface area contributed by atoms with Gasteiger partial charge in [0.05, 0.1) is 18.7 Å². The van der Waals surface area contributed by atoms with Gasteiger partial charge in [0.15, 0.2) is 0 Å². The average Bonchev–Trinajstić information content (AvgIpc) is 2.61. The van der Waals surface area contributed by atoms with Crippen LogP contribution >= 0.6 is 23.2 Å². The van der Waals surface area contributed by atoms with Crippen LogP contribution in [-0.4, -0.2) is 19.6 Å². The Morgan fingerprint density at radius 3 is 2.54 bits per heavy atom. The molecule has 2 rings (SSSR count). The molecule has 7 heteroatoms. The summed E-state index contributed by atoms with van der Waals surface area (Å²) in [4.78, 5) is 12.4. The van der Waals surface area contributed by atoms with E-state index in [1.165, 1.54) is 19.3 Å². The Kier molecular flexibility index (Phi) is 6.90. The number of rotatable bonds is 6. The molecule has 26 heavy (non-hydrogen) atoms. The summed E-state index contributed by atoms with van der Waals surface area (Å²) in [6, 6.07) is 11.8. The van der Waals surface area contributed by atoms with Crippen LogP contribution in [0.3, 0.4) is 0 Å². The monoisotopic (exact) mass is 390 g/mol. The van der Waals surface area contributed by atoms with Crippen molar-refractivity contribution >= 4 is 40.9 Å². The van der Waals surface area contributed by atoms with Crippen LogP contribution in [0.1, 0.15) is 12.5 Å². The van der Waals surface area contributed by atoms with E-state index in [9.17, 15) is 10.1 Å². The van der Waals surface area contributed by atoms with Crippen molar-refractivity contribution in [3.63, 3.8) is 0 Å². The van der Waals surface area contributed by atoms with E-state index in [4.69, 9.17) is 32.7 Å². The van der Waals surface area contributed by atoms with E-state index in [-0.39, 0.29) is 10.6 Å². The number of benzene rings is 2. The van der Waals surface area contributed by atoms with E-state index in [0.29, 0.717) is 34.4 Å². The van der Waals surface area contributed by atoms with Crippen LogP contribution in [0.15, 0.2) is 42.0 Å². The van der Waals surface area contributed by atoms with Gasteiger partial charge < -0.3 is 14.8 Å². The van der Waals surface area contributed by atoms with Gasteiger partial charge in [0, 0.05) is 16.3 Å². The number of ether oxygens (including phenoxy) is 2. The van der Waals surface area contributed by atoms with Crippen molar-refractivity contribution < 1.29 is 14.3 Å². The molecule has 0 aliphatic heterocycles. The standard InChI is InChI=1S/C19H16Cl2N2O3/c1-3-26-16-6-4-15(5-7-16)23-19(24)13(11-22)8-12-9-14(20)10-17(21)18(12)25-2/h4-10H,3H2,1-2H3,(H,23,24)/b13-8+. The van der Waals surface area contributed by atoms with Gasteiger partial charge in [0.1, 0.15) is 23.1 Å². The molecule has 0 saturated carbocycles. The first-order valence-electron chi connectivity index (χ1n) is 7.67. The lowest BCUT2D eigenvalue weighted by molar-refractivity contribution is -0.112. The Hall–Kier alpha value is -2.68. The fraction of sp³-hybridized carbons (Fsp3) is 0.158. The van der Waals surface area contributed by atoms with Crippen molar-refractivity contribution in [3.05, 3.63) is 57.6 Å². The van der Waals surface area contributed by atoms with Gasteiger partial charge in [-0.3, -0.25) is 4.79 Å². The predicted molar refractivity (Wildman–Crippen MR) is 103 cm³/mol. The first kappa shape index (κ1) is 19.6. The summed E-state index contributed by atoms with van der Waals surface area (Å²) < 4.78 is 10.6. The number of halogens is 2. The van der Waals surface area contributed by atoms with Crippen molar-refractivity contribution in [2.45, 2.75) is 6.92 Å². The molecule has 0 unspecified atom stereocenters. The molecule has 2 aromatic carbocycles. The SMILES string of the molecule is CCOc1ccc(NC(=O)/C(C#N)=C/c2cc(Cl)cc(Cl)c2OC)cc1. The first-order valence-corrected chi connectivity index (χ1v) is 8.43. The lowest BCUT2D eigenvalue weighted by Gasteiger charge is -2.09. The lowest BCUT2D eigenvalue weighted by atomic mass is 10.1. The normalized spacial score (nSPS) is 10.8. The number of methoxy groups -OCH3 is 1. The third-order valence-electron chi connectivity index (χ3n) is 3.33. The number of anilines is 1. The highest BCUT2D eigenvalue weighted by atomic mass is 35.5. The third-order valence-corrected chi connectivity index (χ3v) is 3.83. The van der Waals surface area contributed by atoms with Gasteiger partial charge in [-0.2, -0.15) is 5.26 Å². The maximum atomic E-state index is 12.4. The molecule has 0 spiro atoms. The summed E-state index contributed by atoms with van der Waals surface area (Å²) in [5.74, 6) is 0.465. The molecule has 5 nitrogen and oxygen atoms in total. The fourth-order valence-electron chi connectivity index (χ4n) is 2.21. The molecule has 1 amide bonds. The number of carbonyl (C=O) groups excluding carboxylic acids is 1. The van der Waals surface area contributed by atoms with E-state index < -0.39 is 5.91 Å². The van der Waals surface area contributed by atoms with Crippen LogP contribution in [0.2, 0.25) is 10.0 Å². The van der Waals surface area contributed by atoms with Gasteiger partial charge >= 0.3 is 0 Å². The second-order valence-electron chi connectivity index (χ2n) is 5.09. The van der Waals surface area contributed by atoms with Gasteiger partial charge in [-0.1, -0.05) is 23.2 Å². The van der Waals surface area contributed by atoms with Gasteiger partial charge in [0.25, 0.3) is 5.91 Å². The molecule has 0 aliphatic rings. The molecule has 0 aliphatic carbocycles. The largest absolute Gasteiger partial charge is 0.495 e. The molecular formula is C19H16Cl2N2O3.